The number of hydrogen-bond donors (Lipinski definition) is 2. The van der Waals surface area contributed by atoms with Crippen molar-refractivity contribution in [3.05, 3.63) is 46.9 Å². The van der Waals surface area contributed by atoms with E-state index in [1.54, 1.807) is 30.6 Å². The maximum absolute atomic E-state index is 12.0. The van der Waals surface area contributed by atoms with Crippen LogP contribution < -0.4 is 10.2 Å². The lowest BCUT2D eigenvalue weighted by molar-refractivity contribution is 0.102. The van der Waals surface area contributed by atoms with Crippen molar-refractivity contribution in [3.8, 4) is 0 Å². The van der Waals surface area contributed by atoms with Crippen molar-refractivity contribution < 1.29 is 4.79 Å². The smallest absolute Gasteiger partial charge is 0.258 e. The Morgan fingerprint density at radius 1 is 1.37 bits per heavy atom. The van der Waals surface area contributed by atoms with Crippen LogP contribution in [0.25, 0.3) is 0 Å². The Balaban J connectivity index is 2.15. The highest BCUT2D eigenvalue weighted by atomic mass is 32.1. The number of nitrogens with zero attached hydrogens (tertiary/aromatic N) is 2. The summed E-state index contributed by atoms with van der Waals surface area (Å²) < 4.78 is 0.415. The van der Waals surface area contributed by atoms with Crippen LogP contribution in [0, 0.1) is 4.64 Å². The summed E-state index contributed by atoms with van der Waals surface area (Å²) in [6.07, 6.45) is 3.30. The summed E-state index contributed by atoms with van der Waals surface area (Å²) in [5.74, 6) is 0.580. The minimum absolute atomic E-state index is 0.249. The van der Waals surface area contributed by atoms with Gasteiger partial charge < -0.3 is 15.2 Å². The molecule has 0 aliphatic rings. The molecule has 2 aromatic heterocycles. The second-order valence-corrected chi connectivity index (χ2v) is 4.57. The van der Waals surface area contributed by atoms with Gasteiger partial charge in [0.25, 0.3) is 5.91 Å². The predicted molar refractivity (Wildman–Crippen MR) is 78.1 cm³/mol. The Kier molecular flexibility index (Phi) is 3.91. The Labute approximate surface area is 116 Å². The monoisotopic (exact) mass is 274 g/mol. The van der Waals surface area contributed by atoms with E-state index in [1.807, 2.05) is 25.1 Å². The highest BCUT2D eigenvalue weighted by Gasteiger charge is 2.08. The summed E-state index contributed by atoms with van der Waals surface area (Å²) in [5, 5.41) is 2.76. The van der Waals surface area contributed by atoms with E-state index in [-0.39, 0.29) is 5.91 Å². The van der Waals surface area contributed by atoms with E-state index in [4.69, 9.17) is 12.2 Å². The van der Waals surface area contributed by atoms with Gasteiger partial charge in [0.05, 0.1) is 17.4 Å². The van der Waals surface area contributed by atoms with Crippen LogP contribution in [-0.4, -0.2) is 30.0 Å². The number of aromatic amines is 1. The first-order chi connectivity index (χ1) is 9.08. The third-order valence-corrected chi connectivity index (χ3v) is 2.86. The number of H-pyrrole nitrogens is 1. The second-order valence-electron chi connectivity index (χ2n) is 4.17. The van der Waals surface area contributed by atoms with Gasteiger partial charge >= 0.3 is 0 Å². The maximum atomic E-state index is 12.0. The summed E-state index contributed by atoms with van der Waals surface area (Å²) in [7, 11) is 3.81. The minimum atomic E-state index is -0.249. The van der Waals surface area contributed by atoms with Gasteiger partial charge in [-0.2, -0.15) is 0 Å². The molecule has 1 amide bonds. The lowest BCUT2D eigenvalue weighted by atomic mass is 10.2. The Hall–Kier alpha value is -2.21. The fourth-order valence-corrected chi connectivity index (χ4v) is 1.75. The van der Waals surface area contributed by atoms with E-state index < -0.39 is 0 Å². The number of pyridine rings is 2. The van der Waals surface area contributed by atoms with Gasteiger partial charge in [0, 0.05) is 20.3 Å². The fourth-order valence-electron chi connectivity index (χ4n) is 1.52. The van der Waals surface area contributed by atoms with Crippen LogP contribution in [0.15, 0.2) is 36.7 Å². The number of carbonyl (C=O) groups excluding carboxylic acids is 1. The number of hydrogen-bond acceptors (Lipinski definition) is 4. The number of rotatable bonds is 3. The standard InChI is InChI=1S/C13H14N4OS/c1-17(2)11-6-5-9(8-15-11)16-12(18)10-4-3-7-14-13(10)19/h3-8H,1-2H3,(H,14,19)(H,16,18). The van der Waals surface area contributed by atoms with Crippen LogP contribution in [0.3, 0.4) is 0 Å². The third-order valence-electron chi connectivity index (χ3n) is 2.53. The van der Waals surface area contributed by atoms with E-state index in [0.717, 1.165) is 5.82 Å². The molecule has 0 unspecified atom stereocenters. The van der Waals surface area contributed by atoms with Crippen molar-refractivity contribution in [2.24, 2.45) is 0 Å². The summed E-state index contributed by atoms with van der Waals surface area (Å²) in [5.41, 5.74) is 1.07. The Morgan fingerprint density at radius 3 is 2.74 bits per heavy atom. The SMILES string of the molecule is CN(C)c1ccc(NC(=O)c2ccc[nH]c2=S)cn1. The third kappa shape index (κ3) is 3.17. The fraction of sp³-hybridized carbons (Fsp3) is 0.154. The van der Waals surface area contributed by atoms with Gasteiger partial charge in [0.1, 0.15) is 10.5 Å². The molecule has 5 nitrogen and oxygen atoms in total. The Morgan fingerprint density at radius 2 is 2.16 bits per heavy atom. The summed E-state index contributed by atoms with van der Waals surface area (Å²) in [6, 6.07) is 7.05. The lowest BCUT2D eigenvalue weighted by Gasteiger charge is -2.11. The highest BCUT2D eigenvalue weighted by Crippen LogP contribution is 2.13. The van der Waals surface area contributed by atoms with Crippen LogP contribution in [0.2, 0.25) is 0 Å². The molecule has 19 heavy (non-hydrogen) atoms. The van der Waals surface area contributed by atoms with Crippen LogP contribution in [0.1, 0.15) is 10.4 Å². The minimum Gasteiger partial charge on any atom is -0.363 e. The zero-order valence-electron chi connectivity index (χ0n) is 10.7. The lowest BCUT2D eigenvalue weighted by Crippen LogP contribution is -2.14. The molecule has 2 aromatic rings. The van der Waals surface area contributed by atoms with E-state index in [0.29, 0.717) is 15.9 Å². The summed E-state index contributed by atoms with van der Waals surface area (Å²) in [4.78, 5) is 21.0. The largest absolute Gasteiger partial charge is 0.363 e. The van der Waals surface area contributed by atoms with E-state index in [9.17, 15) is 4.79 Å². The van der Waals surface area contributed by atoms with Crippen molar-refractivity contribution in [1.82, 2.24) is 9.97 Å². The summed E-state index contributed by atoms with van der Waals surface area (Å²) in [6.45, 7) is 0. The molecule has 0 saturated heterocycles. The molecular formula is C13H14N4OS. The molecule has 0 aromatic carbocycles. The number of anilines is 2. The molecule has 2 heterocycles. The average molecular weight is 274 g/mol. The van der Waals surface area contributed by atoms with Gasteiger partial charge in [0.2, 0.25) is 0 Å². The molecule has 0 atom stereocenters. The highest BCUT2D eigenvalue weighted by molar-refractivity contribution is 7.71. The first-order valence-corrected chi connectivity index (χ1v) is 6.11. The average Bonchev–Trinajstić information content (AvgIpc) is 2.39. The molecule has 0 aliphatic carbocycles. The normalized spacial score (nSPS) is 10.0. The number of carbonyl (C=O) groups is 1. The van der Waals surface area contributed by atoms with Crippen LogP contribution in [-0.2, 0) is 0 Å². The van der Waals surface area contributed by atoms with Crippen LogP contribution in [0.5, 0.6) is 0 Å². The van der Waals surface area contributed by atoms with E-state index in [1.165, 1.54) is 0 Å². The van der Waals surface area contributed by atoms with Gasteiger partial charge in [-0.1, -0.05) is 12.2 Å². The second kappa shape index (κ2) is 5.62. The van der Waals surface area contributed by atoms with Crippen LogP contribution in [0.4, 0.5) is 11.5 Å². The maximum Gasteiger partial charge on any atom is 0.258 e. The molecule has 0 bridgehead atoms. The van der Waals surface area contributed by atoms with Crippen molar-refractivity contribution >= 4 is 29.6 Å². The number of nitrogens with one attached hydrogen (secondary N) is 2. The number of amides is 1. The molecule has 0 radical (unpaired) electrons. The number of aromatic nitrogens is 2. The zero-order valence-corrected chi connectivity index (χ0v) is 11.5. The van der Waals surface area contributed by atoms with Crippen molar-refractivity contribution in [2.75, 3.05) is 24.3 Å². The molecule has 98 valence electrons. The quantitative estimate of drug-likeness (QED) is 0.844. The Bertz CT molecular complexity index is 634. The van der Waals surface area contributed by atoms with Gasteiger partial charge in [-0.15, -0.1) is 0 Å². The predicted octanol–water partition coefficient (Wildman–Crippen LogP) is 2.46. The van der Waals surface area contributed by atoms with Crippen molar-refractivity contribution in [1.29, 1.82) is 0 Å². The molecule has 2 N–H and O–H groups in total. The molecule has 0 fully saturated rings. The van der Waals surface area contributed by atoms with Gasteiger partial charge in [0.15, 0.2) is 0 Å². The molecule has 0 aliphatic heterocycles. The van der Waals surface area contributed by atoms with E-state index >= 15 is 0 Å². The van der Waals surface area contributed by atoms with Gasteiger partial charge in [-0.25, -0.2) is 4.98 Å². The molecule has 0 spiro atoms. The molecule has 0 saturated carbocycles. The van der Waals surface area contributed by atoms with Crippen molar-refractivity contribution in [3.63, 3.8) is 0 Å². The molecule has 2 rings (SSSR count). The van der Waals surface area contributed by atoms with Crippen molar-refractivity contribution in [2.45, 2.75) is 0 Å². The van der Waals surface area contributed by atoms with Crippen LogP contribution >= 0.6 is 12.2 Å². The van der Waals surface area contributed by atoms with E-state index in [2.05, 4.69) is 15.3 Å². The first-order valence-electron chi connectivity index (χ1n) is 5.70. The topological polar surface area (TPSA) is 61.0 Å². The van der Waals surface area contributed by atoms with Gasteiger partial charge in [-0.3, -0.25) is 4.79 Å². The van der Waals surface area contributed by atoms with Gasteiger partial charge in [-0.05, 0) is 24.3 Å². The first kappa shape index (κ1) is 13.2. The summed E-state index contributed by atoms with van der Waals surface area (Å²) >= 11 is 5.06. The molecular weight excluding hydrogens is 260 g/mol. The molecule has 6 heteroatoms. The zero-order chi connectivity index (χ0) is 13.8.